The molecule has 0 radical (unpaired) electrons. The van der Waals surface area contributed by atoms with E-state index in [0.29, 0.717) is 6.42 Å². The number of benzene rings is 1. The van der Waals surface area contributed by atoms with E-state index < -0.39 is 0 Å². The summed E-state index contributed by atoms with van der Waals surface area (Å²) in [4.78, 5) is 15.5. The van der Waals surface area contributed by atoms with Gasteiger partial charge in [0, 0.05) is 12.4 Å². The minimum Gasteiger partial charge on any atom is -0.281 e. The van der Waals surface area contributed by atoms with Gasteiger partial charge in [-0.2, -0.15) is 0 Å². The van der Waals surface area contributed by atoms with Crippen LogP contribution in [0.4, 0.5) is 0 Å². The van der Waals surface area contributed by atoms with Crippen LogP contribution in [0.25, 0.3) is 0 Å². The lowest BCUT2D eigenvalue weighted by molar-refractivity contribution is -0.113. The number of aromatic nitrogens is 1. The predicted molar refractivity (Wildman–Crippen MR) is 68.0 cm³/mol. The Morgan fingerprint density at radius 1 is 1.12 bits per heavy atom. The van der Waals surface area contributed by atoms with Gasteiger partial charge in [-0.15, -0.1) is 0 Å². The lowest BCUT2D eigenvalue weighted by Crippen LogP contribution is -2.10. The first-order chi connectivity index (χ1) is 8.27. The lowest BCUT2D eigenvalue weighted by Gasteiger charge is -2.12. The zero-order valence-corrected chi connectivity index (χ0v) is 9.97. The SMILES string of the molecule is O=C(Cl)C(Cc1ccncc1)c1ccccc1. The summed E-state index contributed by atoms with van der Waals surface area (Å²) < 4.78 is 0. The van der Waals surface area contributed by atoms with Gasteiger partial charge in [0.15, 0.2) is 0 Å². The minimum absolute atomic E-state index is 0.291. The predicted octanol–water partition coefficient (Wildman–Crippen LogP) is 3.17. The molecule has 0 bridgehead atoms. The van der Waals surface area contributed by atoms with Crippen LogP contribution in [0, 0.1) is 0 Å². The van der Waals surface area contributed by atoms with E-state index in [0.717, 1.165) is 11.1 Å². The maximum atomic E-state index is 11.5. The second-order valence-corrected chi connectivity index (χ2v) is 4.20. The van der Waals surface area contributed by atoms with Crippen LogP contribution in [0.5, 0.6) is 0 Å². The summed E-state index contributed by atoms with van der Waals surface area (Å²) in [6.45, 7) is 0. The molecule has 0 saturated heterocycles. The molecular formula is C14H12ClNO. The third-order valence-corrected chi connectivity index (χ3v) is 2.93. The Kier molecular flexibility index (Phi) is 3.89. The van der Waals surface area contributed by atoms with Crippen LogP contribution in [-0.4, -0.2) is 10.2 Å². The highest BCUT2D eigenvalue weighted by Crippen LogP contribution is 2.23. The quantitative estimate of drug-likeness (QED) is 0.775. The standard InChI is InChI=1S/C14H12ClNO/c15-14(17)13(12-4-2-1-3-5-12)10-11-6-8-16-9-7-11/h1-9,13H,10H2. The molecule has 0 N–H and O–H groups in total. The fraction of sp³-hybridized carbons (Fsp3) is 0.143. The molecule has 0 aliphatic heterocycles. The largest absolute Gasteiger partial charge is 0.281 e. The highest BCUT2D eigenvalue weighted by atomic mass is 35.5. The number of nitrogens with zero attached hydrogens (tertiary/aromatic N) is 1. The van der Waals surface area contributed by atoms with Crippen molar-refractivity contribution in [2.75, 3.05) is 0 Å². The Morgan fingerprint density at radius 2 is 1.76 bits per heavy atom. The summed E-state index contributed by atoms with van der Waals surface area (Å²) in [7, 11) is 0. The fourth-order valence-corrected chi connectivity index (χ4v) is 1.97. The Balaban J connectivity index is 2.23. The van der Waals surface area contributed by atoms with E-state index in [4.69, 9.17) is 11.6 Å². The van der Waals surface area contributed by atoms with E-state index in [1.807, 2.05) is 42.5 Å². The summed E-state index contributed by atoms with van der Waals surface area (Å²) in [6.07, 6.45) is 4.04. The third kappa shape index (κ3) is 3.14. The topological polar surface area (TPSA) is 30.0 Å². The number of rotatable bonds is 4. The summed E-state index contributed by atoms with van der Waals surface area (Å²) in [5.41, 5.74) is 2.01. The molecule has 0 aliphatic rings. The summed E-state index contributed by atoms with van der Waals surface area (Å²) in [5.74, 6) is -0.291. The van der Waals surface area contributed by atoms with Crippen LogP contribution in [0.1, 0.15) is 17.0 Å². The van der Waals surface area contributed by atoms with E-state index in [1.54, 1.807) is 12.4 Å². The molecule has 86 valence electrons. The van der Waals surface area contributed by atoms with Gasteiger partial charge in [0.25, 0.3) is 0 Å². The molecule has 0 spiro atoms. The van der Waals surface area contributed by atoms with E-state index in [1.165, 1.54) is 0 Å². The molecule has 1 heterocycles. The van der Waals surface area contributed by atoms with E-state index in [-0.39, 0.29) is 11.2 Å². The Labute approximate surface area is 105 Å². The average Bonchev–Trinajstić information content (AvgIpc) is 2.38. The van der Waals surface area contributed by atoms with Crippen molar-refractivity contribution >= 4 is 16.8 Å². The number of hydrogen-bond acceptors (Lipinski definition) is 2. The average molecular weight is 246 g/mol. The molecule has 1 atom stereocenters. The van der Waals surface area contributed by atoms with E-state index in [9.17, 15) is 4.79 Å². The van der Waals surface area contributed by atoms with Crippen molar-refractivity contribution in [3.8, 4) is 0 Å². The highest BCUT2D eigenvalue weighted by Gasteiger charge is 2.18. The van der Waals surface area contributed by atoms with Gasteiger partial charge >= 0.3 is 0 Å². The molecule has 2 nitrogen and oxygen atoms in total. The zero-order chi connectivity index (χ0) is 12.1. The molecule has 2 rings (SSSR count). The monoisotopic (exact) mass is 245 g/mol. The smallest absolute Gasteiger partial charge is 0.229 e. The van der Waals surface area contributed by atoms with Gasteiger partial charge in [-0.05, 0) is 41.3 Å². The summed E-state index contributed by atoms with van der Waals surface area (Å²) in [6, 6.07) is 13.4. The molecule has 2 aromatic rings. The van der Waals surface area contributed by atoms with Crippen molar-refractivity contribution in [3.63, 3.8) is 0 Å². The summed E-state index contributed by atoms with van der Waals surface area (Å²) in [5, 5.41) is -0.326. The molecule has 3 heteroatoms. The maximum Gasteiger partial charge on any atom is 0.229 e. The first-order valence-corrected chi connectivity index (χ1v) is 5.78. The normalized spacial score (nSPS) is 12.1. The Bertz CT molecular complexity index is 484. The zero-order valence-electron chi connectivity index (χ0n) is 9.21. The van der Waals surface area contributed by atoms with Crippen molar-refractivity contribution in [2.24, 2.45) is 0 Å². The first kappa shape index (κ1) is 11.8. The first-order valence-electron chi connectivity index (χ1n) is 5.40. The number of carbonyl (C=O) groups excluding carboxylic acids is 1. The minimum atomic E-state index is -0.326. The summed E-state index contributed by atoms with van der Waals surface area (Å²) >= 11 is 5.67. The van der Waals surface area contributed by atoms with Crippen molar-refractivity contribution in [2.45, 2.75) is 12.3 Å². The van der Waals surface area contributed by atoms with E-state index >= 15 is 0 Å². The van der Waals surface area contributed by atoms with Crippen molar-refractivity contribution in [3.05, 3.63) is 66.0 Å². The molecule has 1 aromatic heterocycles. The Hall–Kier alpha value is -1.67. The van der Waals surface area contributed by atoms with Gasteiger partial charge in [0.1, 0.15) is 0 Å². The fourth-order valence-electron chi connectivity index (χ4n) is 1.77. The van der Waals surface area contributed by atoms with Gasteiger partial charge in [0.05, 0.1) is 5.92 Å². The van der Waals surface area contributed by atoms with Gasteiger partial charge in [0.2, 0.25) is 5.24 Å². The van der Waals surface area contributed by atoms with Crippen LogP contribution in [0.3, 0.4) is 0 Å². The van der Waals surface area contributed by atoms with Crippen LogP contribution >= 0.6 is 11.6 Å². The molecule has 0 fully saturated rings. The van der Waals surface area contributed by atoms with Crippen LogP contribution in [0.15, 0.2) is 54.9 Å². The van der Waals surface area contributed by atoms with Crippen molar-refractivity contribution < 1.29 is 4.79 Å². The molecule has 0 amide bonds. The van der Waals surface area contributed by atoms with Gasteiger partial charge in [-0.1, -0.05) is 30.3 Å². The van der Waals surface area contributed by atoms with Gasteiger partial charge in [-0.3, -0.25) is 9.78 Å². The molecule has 17 heavy (non-hydrogen) atoms. The van der Waals surface area contributed by atoms with Crippen LogP contribution in [-0.2, 0) is 11.2 Å². The van der Waals surface area contributed by atoms with Crippen LogP contribution < -0.4 is 0 Å². The second kappa shape index (κ2) is 5.60. The molecule has 0 aliphatic carbocycles. The maximum absolute atomic E-state index is 11.5. The van der Waals surface area contributed by atoms with E-state index in [2.05, 4.69) is 4.98 Å². The van der Waals surface area contributed by atoms with Crippen molar-refractivity contribution in [1.82, 2.24) is 4.98 Å². The number of hydrogen-bond donors (Lipinski definition) is 0. The van der Waals surface area contributed by atoms with Gasteiger partial charge in [-0.25, -0.2) is 0 Å². The van der Waals surface area contributed by atoms with Crippen molar-refractivity contribution in [1.29, 1.82) is 0 Å². The number of pyridine rings is 1. The molecule has 1 unspecified atom stereocenters. The third-order valence-electron chi connectivity index (χ3n) is 2.67. The number of carbonyl (C=O) groups is 1. The second-order valence-electron chi connectivity index (χ2n) is 3.83. The molecular weight excluding hydrogens is 234 g/mol. The number of halogens is 1. The highest BCUT2D eigenvalue weighted by molar-refractivity contribution is 6.64. The molecule has 0 saturated carbocycles. The van der Waals surface area contributed by atoms with Crippen LogP contribution in [0.2, 0.25) is 0 Å². The molecule has 1 aromatic carbocycles. The lowest BCUT2D eigenvalue weighted by atomic mass is 9.93. The Morgan fingerprint density at radius 3 is 2.35 bits per heavy atom. The van der Waals surface area contributed by atoms with Gasteiger partial charge < -0.3 is 0 Å².